The van der Waals surface area contributed by atoms with Crippen molar-refractivity contribution in [3.63, 3.8) is 0 Å². The molecule has 1 aliphatic heterocycles. The van der Waals surface area contributed by atoms with E-state index in [9.17, 15) is 19.2 Å². The molecule has 0 saturated carbocycles. The van der Waals surface area contributed by atoms with E-state index in [0.717, 1.165) is 11.1 Å². The molecule has 2 heterocycles. The first-order valence-corrected chi connectivity index (χ1v) is 15.4. The second-order valence-corrected chi connectivity index (χ2v) is 11.8. The minimum Gasteiger partial charge on any atom is -0.350 e. The third kappa shape index (κ3) is 10.5. The number of hydrogen-bond acceptors (Lipinski definition) is 7. The van der Waals surface area contributed by atoms with E-state index in [1.54, 1.807) is 31.1 Å². The highest BCUT2D eigenvalue weighted by molar-refractivity contribution is 7.98. The Labute approximate surface area is 246 Å². The van der Waals surface area contributed by atoms with Crippen molar-refractivity contribution in [2.75, 3.05) is 25.1 Å². The first kappa shape index (κ1) is 32.1. The van der Waals surface area contributed by atoms with Gasteiger partial charge in [-0.2, -0.15) is 11.8 Å². The quantitative estimate of drug-likeness (QED) is 0.371. The summed E-state index contributed by atoms with van der Waals surface area (Å²) in [6.07, 6.45) is 6.24. The van der Waals surface area contributed by atoms with Crippen LogP contribution in [0, 0.1) is 5.92 Å². The summed E-state index contributed by atoms with van der Waals surface area (Å²) in [5, 5.41) is 11.6. The molecule has 0 spiro atoms. The summed E-state index contributed by atoms with van der Waals surface area (Å²) < 4.78 is 0. The second-order valence-electron chi connectivity index (χ2n) is 10.8. The van der Waals surface area contributed by atoms with Crippen LogP contribution >= 0.6 is 11.8 Å². The molecular formula is C30H42N6O4S. The maximum absolute atomic E-state index is 13.4. The number of nitrogens with zero attached hydrogens (tertiary/aromatic N) is 2. The number of pyridine rings is 1. The lowest BCUT2D eigenvalue weighted by atomic mass is 10.0. The summed E-state index contributed by atoms with van der Waals surface area (Å²) in [6, 6.07) is 10.7. The Kier molecular flexibility index (Phi) is 12.6. The molecule has 1 fully saturated rings. The number of hydrogen-bond donors (Lipinski definition) is 4. The van der Waals surface area contributed by atoms with Crippen LogP contribution in [0.5, 0.6) is 0 Å². The molecule has 10 nitrogen and oxygen atoms in total. The van der Waals surface area contributed by atoms with E-state index in [2.05, 4.69) is 26.3 Å². The van der Waals surface area contributed by atoms with Crippen LogP contribution in [-0.4, -0.2) is 82.8 Å². The van der Waals surface area contributed by atoms with Crippen molar-refractivity contribution in [3.05, 3.63) is 66.0 Å². The van der Waals surface area contributed by atoms with E-state index in [1.807, 2.05) is 67.5 Å². The molecule has 3 rings (SSSR count). The normalized spacial score (nSPS) is 23.5. The highest BCUT2D eigenvalue weighted by Gasteiger charge is 2.31. The minimum absolute atomic E-state index is 0.0165. The van der Waals surface area contributed by atoms with Gasteiger partial charge in [-0.15, -0.1) is 0 Å². The van der Waals surface area contributed by atoms with Gasteiger partial charge in [0.05, 0.1) is 6.54 Å². The summed E-state index contributed by atoms with van der Waals surface area (Å²) in [5.41, 5.74) is 2.00. The van der Waals surface area contributed by atoms with E-state index in [1.165, 1.54) is 0 Å². The highest BCUT2D eigenvalue weighted by atomic mass is 32.2. The van der Waals surface area contributed by atoms with E-state index in [-0.39, 0.29) is 30.3 Å². The van der Waals surface area contributed by atoms with Gasteiger partial charge in [0.2, 0.25) is 23.6 Å². The average molecular weight is 583 g/mol. The van der Waals surface area contributed by atoms with Crippen LogP contribution in [0.4, 0.5) is 0 Å². The molecule has 0 unspecified atom stereocenters. The van der Waals surface area contributed by atoms with Gasteiger partial charge in [-0.3, -0.25) is 29.1 Å². The van der Waals surface area contributed by atoms with Crippen LogP contribution in [0.15, 0.2) is 54.9 Å². The predicted octanol–water partition coefficient (Wildman–Crippen LogP) is 1.51. The smallest absolute Gasteiger partial charge is 0.243 e. The van der Waals surface area contributed by atoms with Crippen molar-refractivity contribution in [1.82, 2.24) is 31.2 Å². The lowest BCUT2D eigenvalue weighted by Gasteiger charge is -2.29. The number of amides is 4. The number of carbonyl (C=O) groups is 4. The van der Waals surface area contributed by atoms with Crippen molar-refractivity contribution in [1.29, 1.82) is 0 Å². The zero-order valence-electron chi connectivity index (χ0n) is 24.3. The number of aromatic nitrogens is 1. The van der Waals surface area contributed by atoms with Gasteiger partial charge in [0, 0.05) is 31.5 Å². The first-order chi connectivity index (χ1) is 19.7. The van der Waals surface area contributed by atoms with Crippen molar-refractivity contribution in [2.24, 2.45) is 5.92 Å². The lowest BCUT2D eigenvalue weighted by molar-refractivity contribution is -0.134. The summed E-state index contributed by atoms with van der Waals surface area (Å²) in [7, 11) is 0. The fourth-order valence-corrected chi connectivity index (χ4v) is 5.20. The number of carbonyl (C=O) groups excluding carboxylic acids is 4. The molecule has 2 aromatic rings. The van der Waals surface area contributed by atoms with Crippen LogP contribution < -0.4 is 21.3 Å². The topological polar surface area (TPSA) is 133 Å². The van der Waals surface area contributed by atoms with Crippen molar-refractivity contribution in [2.45, 2.75) is 64.3 Å². The summed E-state index contributed by atoms with van der Waals surface area (Å²) >= 11 is 1.56. The third-order valence-corrected chi connectivity index (χ3v) is 7.58. The molecular weight excluding hydrogens is 540 g/mol. The van der Waals surface area contributed by atoms with Crippen molar-refractivity contribution < 1.29 is 19.2 Å². The highest BCUT2D eigenvalue weighted by Crippen LogP contribution is 2.11. The van der Waals surface area contributed by atoms with E-state index < -0.39 is 29.9 Å². The number of benzene rings is 1. The predicted molar refractivity (Wildman–Crippen MR) is 161 cm³/mol. The minimum atomic E-state index is -0.836. The fraction of sp³-hybridized carbons (Fsp3) is 0.500. The molecule has 222 valence electrons. The van der Waals surface area contributed by atoms with Gasteiger partial charge in [-0.25, -0.2) is 0 Å². The van der Waals surface area contributed by atoms with Gasteiger partial charge in [0.1, 0.15) is 18.1 Å². The summed E-state index contributed by atoms with van der Waals surface area (Å²) in [5.74, 6) is -1.08. The van der Waals surface area contributed by atoms with Crippen LogP contribution in [-0.2, 0) is 32.1 Å². The average Bonchev–Trinajstić information content (AvgIpc) is 2.94. The molecule has 1 aromatic heterocycles. The first-order valence-electron chi connectivity index (χ1n) is 14.0. The van der Waals surface area contributed by atoms with Gasteiger partial charge < -0.3 is 21.3 Å². The lowest BCUT2D eigenvalue weighted by Crippen LogP contribution is -2.57. The molecule has 0 bridgehead atoms. The van der Waals surface area contributed by atoms with Gasteiger partial charge in [0.25, 0.3) is 0 Å². The molecule has 4 atom stereocenters. The molecule has 4 N–H and O–H groups in total. The van der Waals surface area contributed by atoms with Crippen molar-refractivity contribution in [3.8, 4) is 0 Å². The van der Waals surface area contributed by atoms with E-state index >= 15 is 0 Å². The van der Waals surface area contributed by atoms with Crippen molar-refractivity contribution >= 4 is 35.4 Å². The Bertz CT molecular complexity index is 1150. The van der Waals surface area contributed by atoms with Gasteiger partial charge in [-0.1, -0.05) is 44.2 Å². The maximum atomic E-state index is 13.4. The van der Waals surface area contributed by atoms with E-state index in [0.29, 0.717) is 31.7 Å². The summed E-state index contributed by atoms with van der Waals surface area (Å²) in [6.45, 7) is 6.16. The second kappa shape index (κ2) is 16.1. The Morgan fingerprint density at radius 1 is 0.902 bits per heavy atom. The van der Waals surface area contributed by atoms with Crippen LogP contribution in [0.25, 0.3) is 0 Å². The molecule has 1 aromatic carbocycles. The zero-order valence-corrected chi connectivity index (χ0v) is 25.1. The largest absolute Gasteiger partial charge is 0.350 e. The molecule has 11 heteroatoms. The van der Waals surface area contributed by atoms with E-state index in [4.69, 9.17) is 0 Å². The van der Waals surface area contributed by atoms with Crippen LogP contribution in [0.1, 0.15) is 38.3 Å². The maximum Gasteiger partial charge on any atom is 0.243 e. The third-order valence-electron chi connectivity index (χ3n) is 6.93. The molecule has 4 amide bonds. The molecule has 0 aliphatic carbocycles. The molecule has 1 aliphatic rings. The molecule has 41 heavy (non-hydrogen) atoms. The number of thioether (sulfide) groups is 1. The Hall–Kier alpha value is -3.44. The number of nitrogens with one attached hydrogen (secondary N) is 4. The Morgan fingerprint density at radius 2 is 1.61 bits per heavy atom. The fourth-order valence-electron chi connectivity index (χ4n) is 4.73. The van der Waals surface area contributed by atoms with Gasteiger partial charge >= 0.3 is 0 Å². The molecule has 0 radical (unpaired) electrons. The van der Waals surface area contributed by atoms with Gasteiger partial charge in [-0.05, 0) is 61.0 Å². The van der Waals surface area contributed by atoms with Gasteiger partial charge in [0.15, 0.2) is 0 Å². The SMILES string of the molecule is CSCC[C@@H]1NC(=O)[C@H](C(C)C)NC(=O)CN(Cc2ccncc2)C[C@@H](Cc2ccccc2)NC(=O)[C@H](C)NC1=O. The number of rotatable bonds is 8. The Morgan fingerprint density at radius 3 is 2.27 bits per heavy atom. The Balaban J connectivity index is 1.95. The zero-order chi connectivity index (χ0) is 29.8. The molecule has 1 saturated heterocycles. The monoisotopic (exact) mass is 582 g/mol. The van der Waals surface area contributed by atoms with Crippen LogP contribution in [0.2, 0.25) is 0 Å². The standard InChI is InChI=1S/C30H42N6O4S/c1-20(2)27-30(40)34-25(12-15-41-4)29(39)32-21(3)28(38)33-24(16-22-8-6-5-7-9-22)18-36(19-26(37)35-27)17-23-10-13-31-14-11-23/h5-11,13-14,20-21,24-25,27H,12,15-19H2,1-4H3,(H,32,39)(H,33,38)(H,34,40)(H,35,37)/t21-,24+,25-,27-/m0/s1. The van der Waals surface area contributed by atoms with Crippen LogP contribution in [0.3, 0.4) is 0 Å². The summed E-state index contributed by atoms with van der Waals surface area (Å²) in [4.78, 5) is 59.3.